The molecule has 0 amide bonds. The zero-order chi connectivity index (χ0) is 12.3. The topological polar surface area (TPSA) is 55.3 Å². The van der Waals surface area contributed by atoms with Gasteiger partial charge >= 0.3 is 5.97 Å². The van der Waals surface area contributed by atoms with E-state index in [2.05, 4.69) is 9.97 Å². The van der Waals surface area contributed by atoms with Crippen LogP contribution in [-0.4, -0.2) is 35.1 Å². The Labute approximate surface area is 101 Å². The largest absolute Gasteiger partial charge is 0.464 e. The van der Waals surface area contributed by atoms with E-state index in [9.17, 15) is 4.79 Å². The molecule has 2 rings (SSSR count). The number of aryl methyl sites for hydroxylation is 1. The molecule has 1 aromatic heterocycles. The monoisotopic (exact) mass is 235 g/mol. The molecular formula is C12H17N3O2. The molecule has 5 heteroatoms. The quantitative estimate of drug-likeness (QED) is 0.739. The highest BCUT2D eigenvalue weighted by atomic mass is 16.5. The average Bonchev–Trinajstić information content (AvgIpc) is 2.79. The summed E-state index contributed by atoms with van der Waals surface area (Å²) in [6, 6.07) is -0.224. The molecule has 0 aliphatic carbocycles. The molecule has 0 bridgehead atoms. The number of rotatable bonds is 3. The second kappa shape index (κ2) is 5.12. The van der Waals surface area contributed by atoms with Gasteiger partial charge in [0, 0.05) is 18.9 Å². The summed E-state index contributed by atoms with van der Waals surface area (Å²) >= 11 is 0. The highest BCUT2D eigenvalue weighted by Gasteiger charge is 2.33. The van der Waals surface area contributed by atoms with Crippen molar-refractivity contribution in [2.24, 2.45) is 0 Å². The number of hydrogen-bond acceptors (Lipinski definition) is 5. The predicted molar refractivity (Wildman–Crippen MR) is 63.8 cm³/mol. The molecule has 0 aromatic carbocycles. The fraction of sp³-hybridized carbons (Fsp3) is 0.583. The SMILES string of the molecule is CCOC(=O)C1CCCN1c1ncc(C)cn1. The van der Waals surface area contributed by atoms with Crippen molar-refractivity contribution in [1.82, 2.24) is 9.97 Å². The minimum Gasteiger partial charge on any atom is -0.464 e. The van der Waals surface area contributed by atoms with Crippen LogP contribution in [0.25, 0.3) is 0 Å². The first-order valence-corrected chi connectivity index (χ1v) is 5.94. The summed E-state index contributed by atoms with van der Waals surface area (Å²) in [4.78, 5) is 22.2. The zero-order valence-electron chi connectivity index (χ0n) is 10.2. The van der Waals surface area contributed by atoms with Crippen LogP contribution in [0.4, 0.5) is 5.95 Å². The van der Waals surface area contributed by atoms with Crippen molar-refractivity contribution >= 4 is 11.9 Å². The fourth-order valence-corrected chi connectivity index (χ4v) is 2.02. The first-order chi connectivity index (χ1) is 8.22. The highest BCUT2D eigenvalue weighted by molar-refractivity contribution is 5.80. The van der Waals surface area contributed by atoms with Gasteiger partial charge in [-0.2, -0.15) is 0 Å². The minimum atomic E-state index is -0.224. The Morgan fingerprint density at radius 2 is 2.24 bits per heavy atom. The molecule has 1 unspecified atom stereocenters. The zero-order valence-corrected chi connectivity index (χ0v) is 10.2. The van der Waals surface area contributed by atoms with Crippen molar-refractivity contribution in [2.75, 3.05) is 18.1 Å². The Hall–Kier alpha value is -1.65. The summed E-state index contributed by atoms with van der Waals surface area (Å²) in [7, 11) is 0. The van der Waals surface area contributed by atoms with Crippen LogP contribution in [-0.2, 0) is 9.53 Å². The number of carbonyl (C=O) groups excluding carboxylic acids is 1. The third-order valence-electron chi connectivity index (χ3n) is 2.84. The summed E-state index contributed by atoms with van der Waals surface area (Å²) in [5, 5.41) is 0. The number of aromatic nitrogens is 2. The van der Waals surface area contributed by atoms with Crippen LogP contribution in [0, 0.1) is 6.92 Å². The van der Waals surface area contributed by atoms with Crippen LogP contribution >= 0.6 is 0 Å². The molecule has 17 heavy (non-hydrogen) atoms. The van der Waals surface area contributed by atoms with Crippen LogP contribution in [0.1, 0.15) is 25.3 Å². The molecule has 1 atom stereocenters. The highest BCUT2D eigenvalue weighted by Crippen LogP contribution is 2.22. The van der Waals surface area contributed by atoms with Gasteiger partial charge in [0.1, 0.15) is 6.04 Å². The maximum absolute atomic E-state index is 11.8. The van der Waals surface area contributed by atoms with Gasteiger partial charge in [0.05, 0.1) is 6.61 Å². The molecule has 1 aromatic rings. The van der Waals surface area contributed by atoms with E-state index >= 15 is 0 Å². The van der Waals surface area contributed by atoms with Gasteiger partial charge in [-0.15, -0.1) is 0 Å². The lowest BCUT2D eigenvalue weighted by molar-refractivity contribution is -0.144. The van der Waals surface area contributed by atoms with Crippen LogP contribution < -0.4 is 4.90 Å². The fourth-order valence-electron chi connectivity index (χ4n) is 2.02. The van der Waals surface area contributed by atoms with Gasteiger partial charge < -0.3 is 9.64 Å². The Morgan fingerprint density at radius 3 is 2.88 bits per heavy atom. The number of nitrogens with zero attached hydrogens (tertiary/aromatic N) is 3. The van der Waals surface area contributed by atoms with Gasteiger partial charge in [-0.3, -0.25) is 0 Å². The van der Waals surface area contributed by atoms with Crippen LogP contribution in [0.2, 0.25) is 0 Å². The lowest BCUT2D eigenvalue weighted by atomic mass is 10.2. The van der Waals surface area contributed by atoms with E-state index in [0.717, 1.165) is 24.9 Å². The second-order valence-corrected chi connectivity index (χ2v) is 4.16. The average molecular weight is 235 g/mol. The Morgan fingerprint density at radius 1 is 1.53 bits per heavy atom. The van der Waals surface area contributed by atoms with Crippen molar-refractivity contribution in [2.45, 2.75) is 32.7 Å². The minimum absolute atomic E-state index is 0.172. The summed E-state index contributed by atoms with van der Waals surface area (Å²) in [5.41, 5.74) is 1.01. The lowest BCUT2D eigenvalue weighted by Crippen LogP contribution is -2.38. The maximum atomic E-state index is 11.8. The summed E-state index contributed by atoms with van der Waals surface area (Å²) in [6.45, 7) is 4.99. The van der Waals surface area contributed by atoms with Crippen molar-refractivity contribution < 1.29 is 9.53 Å². The summed E-state index contributed by atoms with van der Waals surface area (Å²) in [5.74, 6) is 0.445. The first kappa shape index (κ1) is 11.8. The van der Waals surface area contributed by atoms with E-state index in [4.69, 9.17) is 4.74 Å². The number of hydrogen-bond donors (Lipinski definition) is 0. The Bertz CT molecular complexity index is 391. The number of ether oxygens (including phenoxy) is 1. The number of anilines is 1. The third kappa shape index (κ3) is 2.54. The lowest BCUT2D eigenvalue weighted by Gasteiger charge is -2.22. The molecule has 0 saturated carbocycles. The van der Waals surface area contributed by atoms with E-state index in [-0.39, 0.29) is 12.0 Å². The number of carbonyl (C=O) groups is 1. The normalized spacial score (nSPS) is 19.4. The van der Waals surface area contributed by atoms with E-state index in [1.807, 2.05) is 18.7 Å². The molecule has 2 heterocycles. The van der Waals surface area contributed by atoms with Crippen molar-refractivity contribution in [1.29, 1.82) is 0 Å². The molecule has 1 saturated heterocycles. The Kier molecular flexibility index (Phi) is 3.56. The molecule has 92 valence electrons. The summed E-state index contributed by atoms with van der Waals surface area (Å²) in [6.07, 6.45) is 5.32. The molecule has 1 fully saturated rings. The van der Waals surface area contributed by atoms with E-state index < -0.39 is 0 Å². The van der Waals surface area contributed by atoms with Gasteiger partial charge in [-0.25, -0.2) is 14.8 Å². The number of esters is 1. The van der Waals surface area contributed by atoms with Crippen LogP contribution in [0.15, 0.2) is 12.4 Å². The third-order valence-corrected chi connectivity index (χ3v) is 2.84. The molecule has 0 N–H and O–H groups in total. The molecule has 0 spiro atoms. The van der Waals surface area contributed by atoms with Crippen LogP contribution in [0.5, 0.6) is 0 Å². The second-order valence-electron chi connectivity index (χ2n) is 4.16. The van der Waals surface area contributed by atoms with Gasteiger partial charge in [0.15, 0.2) is 0 Å². The molecular weight excluding hydrogens is 218 g/mol. The van der Waals surface area contributed by atoms with E-state index in [1.54, 1.807) is 12.4 Å². The molecule has 0 radical (unpaired) electrons. The standard InChI is InChI=1S/C12H17N3O2/c1-3-17-11(16)10-5-4-6-15(10)12-13-7-9(2)8-14-12/h7-8,10H,3-6H2,1-2H3. The van der Waals surface area contributed by atoms with Gasteiger partial charge in [0.2, 0.25) is 5.95 Å². The van der Waals surface area contributed by atoms with Crippen LogP contribution in [0.3, 0.4) is 0 Å². The van der Waals surface area contributed by atoms with E-state index in [1.165, 1.54) is 0 Å². The smallest absolute Gasteiger partial charge is 0.328 e. The van der Waals surface area contributed by atoms with Crippen molar-refractivity contribution in [3.63, 3.8) is 0 Å². The molecule has 1 aliphatic heterocycles. The van der Waals surface area contributed by atoms with Gasteiger partial charge in [0.25, 0.3) is 0 Å². The van der Waals surface area contributed by atoms with E-state index in [0.29, 0.717) is 12.6 Å². The van der Waals surface area contributed by atoms with Crippen molar-refractivity contribution in [3.8, 4) is 0 Å². The van der Waals surface area contributed by atoms with Gasteiger partial charge in [-0.1, -0.05) is 0 Å². The molecule has 1 aliphatic rings. The Balaban J connectivity index is 2.14. The summed E-state index contributed by atoms with van der Waals surface area (Å²) < 4.78 is 5.07. The maximum Gasteiger partial charge on any atom is 0.328 e. The predicted octanol–water partition coefficient (Wildman–Crippen LogP) is 1.32. The van der Waals surface area contributed by atoms with Gasteiger partial charge in [-0.05, 0) is 32.3 Å². The van der Waals surface area contributed by atoms with Crippen molar-refractivity contribution in [3.05, 3.63) is 18.0 Å². The molecule has 5 nitrogen and oxygen atoms in total. The first-order valence-electron chi connectivity index (χ1n) is 5.94.